The summed E-state index contributed by atoms with van der Waals surface area (Å²) in [6.07, 6.45) is 8.53. The Labute approximate surface area is 142 Å². The summed E-state index contributed by atoms with van der Waals surface area (Å²) in [4.78, 5) is 8.81. The number of hydrogen-bond acceptors (Lipinski definition) is 2. The second-order valence-electron chi connectivity index (χ2n) is 5.96. The minimum Gasteiger partial charge on any atom is -0.236 e. The Morgan fingerprint density at radius 2 is 1.38 bits per heavy atom. The Morgan fingerprint density at radius 1 is 0.750 bits per heavy atom. The molecule has 0 radical (unpaired) electrons. The molecule has 0 atom stereocenters. The fourth-order valence-electron chi connectivity index (χ4n) is 2.67. The topological polar surface area (TPSA) is 25.8 Å². The number of benzene rings is 2. The van der Waals surface area contributed by atoms with Crippen LogP contribution in [0.1, 0.15) is 31.7 Å². The molecule has 122 valence electrons. The lowest BCUT2D eigenvalue weighted by atomic mass is 10.0. The van der Waals surface area contributed by atoms with Crippen molar-refractivity contribution in [1.82, 2.24) is 9.97 Å². The van der Waals surface area contributed by atoms with Crippen molar-refractivity contribution < 1.29 is 4.39 Å². The zero-order valence-electron chi connectivity index (χ0n) is 13.9. The van der Waals surface area contributed by atoms with Crippen molar-refractivity contribution in [1.29, 1.82) is 0 Å². The van der Waals surface area contributed by atoms with Gasteiger partial charge in [-0.05, 0) is 48.2 Å². The summed E-state index contributed by atoms with van der Waals surface area (Å²) in [7, 11) is 0. The van der Waals surface area contributed by atoms with Gasteiger partial charge in [-0.25, -0.2) is 14.4 Å². The van der Waals surface area contributed by atoms with Crippen molar-refractivity contribution in [2.24, 2.45) is 0 Å². The summed E-state index contributed by atoms with van der Waals surface area (Å²) in [5.41, 5.74) is 4.28. The Morgan fingerprint density at radius 3 is 2.00 bits per heavy atom. The van der Waals surface area contributed by atoms with Crippen LogP contribution in [0, 0.1) is 5.82 Å². The maximum absolute atomic E-state index is 13.0. The van der Waals surface area contributed by atoms with Crippen LogP contribution in [0.25, 0.3) is 22.5 Å². The van der Waals surface area contributed by atoms with Gasteiger partial charge in [-0.15, -0.1) is 0 Å². The lowest BCUT2D eigenvalue weighted by Crippen LogP contribution is -1.91. The average molecular weight is 320 g/mol. The Kier molecular flexibility index (Phi) is 5.32. The monoisotopic (exact) mass is 320 g/mol. The van der Waals surface area contributed by atoms with Gasteiger partial charge in [0.05, 0.1) is 0 Å². The largest absolute Gasteiger partial charge is 0.236 e. The van der Waals surface area contributed by atoms with Gasteiger partial charge in [0.1, 0.15) is 5.82 Å². The predicted octanol–water partition coefficient (Wildman–Crippen LogP) is 5.68. The number of nitrogens with zero attached hydrogens (tertiary/aromatic N) is 2. The van der Waals surface area contributed by atoms with Crippen LogP contribution in [0.2, 0.25) is 0 Å². The van der Waals surface area contributed by atoms with Crippen LogP contribution in [-0.2, 0) is 6.42 Å². The molecular formula is C21H21FN2. The van der Waals surface area contributed by atoms with Crippen LogP contribution in [0.3, 0.4) is 0 Å². The quantitative estimate of drug-likeness (QED) is 0.546. The SMILES string of the molecule is CCCCCc1ccc(-c2cnc(-c3ccc(F)cc3)nc2)cc1. The standard InChI is InChI=1S/C21H21FN2/c1-2-3-4-5-16-6-8-17(9-7-16)19-14-23-21(24-15-19)18-10-12-20(22)13-11-18/h6-15H,2-5H2,1H3. The van der Waals surface area contributed by atoms with Crippen molar-refractivity contribution in [2.45, 2.75) is 32.6 Å². The molecule has 3 aromatic rings. The van der Waals surface area contributed by atoms with E-state index in [9.17, 15) is 4.39 Å². The first-order valence-corrected chi connectivity index (χ1v) is 8.43. The summed E-state index contributed by atoms with van der Waals surface area (Å²) in [6, 6.07) is 14.8. The number of aryl methyl sites for hydroxylation is 1. The van der Waals surface area contributed by atoms with Gasteiger partial charge in [0.15, 0.2) is 5.82 Å². The molecule has 0 aliphatic heterocycles. The van der Waals surface area contributed by atoms with Gasteiger partial charge in [0.2, 0.25) is 0 Å². The molecule has 0 saturated heterocycles. The highest BCUT2D eigenvalue weighted by molar-refractivity contribution is 5.64. The van der Waals surface area contributed by atoms with E-state index >= 15 is 0 Å². The molecule has 2 aromatic carbocycles. The van der Waals surface area contributed by atoms with Crippen molar-refractivity contribution in [3.8, 4) is 22.5 Å². The van der Waals surface area contributed by atoms with E-state index in [1.807, 2.05) is 12.4 Å². The summed E-state index contributed by atoms with van der Waals surface area (Å²) < 4.78 is 13.0. The van der Waals surface area contributed by atoms with Crippen LogP contribution in [0.15, 0.2) is 60.9 Å². The van der Waals surface area contributed by atoms with Gasteiger partial charge in [-0.2, -0.15) is 0 Å². The predicted molar refractivity (Wildman–Crippen MR) is 96.1 cm³/mol. The minimum atomic E-state index is -0.255. The molecule has 0 fully saturated rings. The van der Waals surface area contributed by atoms with Gasteiger partial charge in [-0.3, -0.25) is 0 Å². The first-order chi connectivity index (χ1) is 11.8. The molecule has 3 heteroatoms. The maximum Gasteiger partial charge on any atom is 0.159 e. The second kappa shape index (κ2) is 7.82. The molecular weight excluding hydrogens is 299 g/mol. The number of aromatic nitrogens is 2. The third kappa shape index (κ3) is 4.05. The molecule has 0 spiro atoms. The van der Waals surface area contributed by atoms with E-state index in [-0.39, 0.29) is 5.82 Å². The van der Waals surface area contributed by atoms with E-state index in [1.165, 1.54) is 37.0 Å². The zero-order valence-corrected chi connectivity index (χ0v) is 13.9. The molecule has 1 heterocycles. The first kappa shape index (κ1) is 16.3. The van der Waals surface area contributed by atoms with Crippen molar-refractivity contribution in [3.05, 3.63) is 72.3 Å². The minimum absolute atomic E-state index is 0.255. The molecule has 1 aromatic heterocycles. The summed E-state index contributed by atoms with van der Waals surface area (Å²) in [5, 5.41) is 0. The Bertz CT molecular complexity index is 762. The molecule has 0 unspecified atom stereocenters. The van der Waals surface area contributed by atoms with Gasteiger partial charge < -0.3 is 0 Å². The van der Waals surface area contributed by atoms with Gasteiger partial charge >= 0.3 is 0 Å². The van der Waals surface area contributed by atoms with Crippen LogP contribution in [-0.4, -0.2) is 9.97 Å². The van der Waals surface area contributed by atoms with Gasteiger partial charge in [-0.1, -0.05) is 44.0 Å². The number of rotatable bonds is 6. The fraction of sp³-hybridized carbons (Fsp3) is 0.238. The third-order valence-electron chi connectivity index (χ3n) is 4.11. The summed E-state index contributed by atoms with van der Waals surface area (Å²) in [6.45, 7) is 2.22. The molecule has 0 aliphatic rings. The van der Waals surface area contributed by atoms with E-state index in [4.69, 9.17) is 0 Å². The number of unbranched alkanes of at least 4 members (excludes halogenated alkanes) is 2. The normalized spacial score (nSPS) is 10.8. The van der Waals surface area contributed by atoms with Crippen molar-refractivity contribution >= 4 is 0 Å². The fourth-order valence-corrected chi connectivity index (χ4v) is 2.67. The highest BCUT2D eigenvalue weighted by atomic mass is 19.1. The van der Waals surface area contributed by atoms with E-state index < -0.39 is 0 Å². The maximum atomic E-state index is 13.0. The highest BCUT2D eigenvalue weighted by Crippen LogP contribution is 2.21. The molecule has 0 bridgehead atoms. The third-order valence-corrected chi connectivity index (χ3v) is 4.11. The van der Waals surface area contributed by atoms with Crippen LogP contribution in [0.5, 0.6) is 0 Å². The molecule has 0 N–H and O–H groups in total. The van der Waals surface area contributed by atoms with Crippen LogP contribution in [0.4, 0.5) is 4.39 Å². The number of hydrogen-bond donors (Lipinski definition) is 0. The van der Waals surface area contributed by atoms with Crippen molar-refractivity contribution in [3.63, 3.8) is 0 Å². The lowest BCUT2D eigenvalue weighted by molar-refractivity contribution is 0.628. The Hall–Kier alpha value is -2.55. The Balaban J connectivity index is 1.72. The molecule has 2 nitrogen and oxygen atoms in total. The zero-order chi connectivity index (χ0) is 16.8. The number of halogens is 1. The van der Waals surface area contributed by atoms with Crippen LogP contribution < -0.4 is 0 Å². The van der Waals surface area contributed by atoms with E-state index in [2.05, 4.69) is 41.2 Å². The van der Waals surface area contributed by atoms with Gasteiger partial charge in [0.25, 0.3) is 0 Å². The van der Waals surface area contributed by atoms with Crippen molar-refractivity contribution in [2.75, 3.05) is 0 Å². The van der Waals surface area contributed by atoms with E-state index in [0.29, 0.717) is 5.82 Å². The second-order valence-corrected chi connectivity index (χ2v) is 5.96. The smallest absolute Gasteiger partial charge is 0.159 e. The highest BCUT2D eigenvalue weighted by Gasteiger charge is 2.04. The molecule has 24 heavy (non-hydrogen) atoms. The first-order valence-electron chi connectivity index (χ1n) is 8.43. The molecule has 0 aliphatic carbocycles. The van der Waals surface area contributed by atoms with E-state index in [0.717, 1.165) is 23.1 Å². The average Bonchev–Trinajstić information content (AvgIpc) is 2.63. The summed E-state index contributed by atoms with van der Waals surface area (Å²) >= 11 is 0. The molecule has 0 amide bonds. The molecule has 3 rings (SSSR count). The van der Waals surface area contributed by atoms with E-state index in [1.54, 1.807) is 12.1 Å². The summed E-state index contributed by atoms with van der Waals surface area (Å²) in [5.74, 6) is 0.351. The molecule has 0 saturated carbocycles. The van der Waals surface area contributed by atoms with Crippen LogP contribution >= 0.6 is 0 Å². The lowest BCUT2D eigenvalue weighted by Gasteiger charge is -2.05. The van der Waals surface area contributed by atoms with Gasteiger partial charge in [0, 0.05) is 23.5 Å².